The Morgan fingerprint density at radius 1 is 1.47 bits per heavy atom. The van der Waals surface area contributed by atoms with Crippen LogP contribution in [0.3, 0.4) is 0 Å². The van der Waals surface area contributed by atoms with Crippen LogP contribution in [0.4, 0.5) is 0 Å². The van der Waals surface area contributed by atoms with Gasteiger partial charge >= 0.3 is 5.97 Å². The predicted molar refractivity (Wildman–Crippen MR) is 78.3 cm³/mol. The number of hydrogen-bond acceptors (Lipinski definition) is 4. The quantitative estimate of drug-likeness (QED) is 0.864. The molecule has 0 aromatic heterocycles. The highest BCUT2D eigenvalue weighted by atomic mass is 32.2. The van der Waals surface area contributed by atoms with Gasteiger partial charge in [-0.3, -0.25) is 4.79 Å². The van der Waals surface area contributed by atoms with Crippen LogP contribution in [0, 0.1) is 0 Å². The Morgan fingerprint density at radius 3 is 2.84 bits per heavy atom. The van der Waals surface area contributed by atoms with Crippen molar-refractivity contribution in [3.05, 3.63) is 29.8 Å². The van der Waals surface area contributed by atoms with Gasteiger partial charge in [-0.25, -0.2) is 0 Å². The highest BCUT2D eigenvalue weighted by molar-refractivity contribution is 7.99. The normalized spacial score (nSPS) is 19.9. The fraction of sp³-hybridized carbons (Fsp3) is 0.533. The van der Waals surface area contributed by atoms with Crippen LogP contribution < -0.4 is 5.73 Å². The van der Waals surface area contributed by atoms with Crippen molar-refractivity contribution in [1.29, 1.82) is 0 Å². The summed E-state index contributed by atoms with van der Waals surface area (Å²) in [6.07, 6.45) is 0.652. The molecule has 0 aliphatic carbocycles. The Bertz CT molecular complexity index is 467. The third-order valence-electron chi connectivity index (χ3n) is 3.05. The van der Waals surface area contributed by atoms with E-state index in [0.29, 0.717) is 12.3 Å². The number of thioether (sulfide) groups is 1. The maximum atomic E-state index is 11.9. The minimum Gasteiger partial charge on any atom is -0.459 e. The average Bonchev–Trinajstić information content (AvgIpc) is 2.70. The second-order valence-corrected chi connectivity index (χ2v) is 6.98. The molecule has 0 bridgehead atoms. The number of carbonyl (C=O) groups is 1. The second-order valence-electron chi connectivity index (χ2n) is 5.92. The van der Waals surface area contributed by atoms with E-state index in [2.05, 4.69) is 12.1 Å². The number of carbonyl (C=O) groups excluding carboxylic acids is 1. The maximum absolute atomic E-state index is 11.9. The molecule has 2 atom stereocenters. The van der Waals surface area contributed by atoms with E-state index in [0.717, 1.165) is 5.75 Å². The lowest BCUT2D eigenvalue weighted by molar-refractivity contribution is -0.156. The molecule has 1 aliphatic heterocycles. The standard InChI is InChI=1S/C15H21NO2S/c1-15(2,3)18-14(17)12(16)8-10-9-19-13-7-5-4-6-11(10)13/h4-7,10,12H,8-9,16H2,1-3H3. The largest absolute Gasteiger partial charge is 0.459 e. The van der Waals surface area contributed by atoms with E-state index in [1.165, 1.54) is 10.5 Å². The molecule has 19 heavy (non-hydrogen) atoms. The molecule has 2 unspecified atom stereocenters. The molecule has 0 radical (unpaired) electrons. The molecular weight excluding hydrogens is 258 g/mol. The lowest BCUT2D eigenvalue weighted by atomic mass is 9.94. The summed E-state index contributed by atoms with van der Waals surface area (Å²) in [7, 11) is 0. The van der Waals surface area contributed by atoms with Crippen molar-refractivity contribution in [1.82, 2.24) is 0 Å². The summed E-state index contributed by atoms with van der Waals surface area (Å²) in [5.74, 6) is 1.04. The van der Waals surface area contributed by atoms with Crippen LogP contribution in [0.15, 0.2) is 29.2 Å². The molecule has 104 valence electrons. The van der Waals surface area contributed by atoms with Crippen LogP contribution >= 0.6 is 11.8 Å². The van der Waals surface area contributed by atoms with Gasteiger partial charge in [-0.2, -0.15) is 0 Å². The molecule has 1 aliphatic rings. The van der Waals surface area contributed by atoms with Crippen molar-refractivity contribution in [3.63, 3.8) is 0 Å². The zero-order valence-corrected chi connectivity index (χ0v) is 12.5. The van der Waals surface area contributed by atoms with E-state index in [9.17, 15) is 4.79 Å². The predicted octanol–water partition coefficient (Wildman–Crippen LogP) is 2.94. The highest BCUT2D eigenvalue weighted by Crippen LogP contribution is 2.41. The second kappa shape index (κ2) is 5.55. The SMILES string of the molecule is CC(C)(C)OC(=O)C(N)CC1CSc2ccccc21. The van der Waals surface area contributed by atoms with Crippen molar-refractivity contribution in [2.24, 2.45) is 5.73 Å². The summed E-state index contributed by atoms with van der Waals surface area (Å²) < 4.78 is 5.33. The summed E-state index contributed by atoms with van der Waals surface area (Å²) in [6.45, 7) is 5.58. The van der Waals surface area contributed by atoms with Gasteiger partial charge in [-0.15, -0.1) is 11.8 Å². The molecule has 0 fully saturated rings. The van der Waals surface area contributed by atoms with Crippen molar-refractivity contribution in [2.45, 2.75) is 49.6 Å². The summed E-state index contributed by atoms with van der Waals surface area (Å²) in [6, 6.07) is 7.79. The third kappa shape index (κ3) is 3.74. The molecule has 3 nitrogen and oxygen atoms in total. The third-order valence-corrected chi connectivity index (χ3v) is 4.30. The minimum absolute atomic E-state index is 0.304. The Labute approximate surface area is 118 Å². The number of esters is 1. The molecular formula is C15H21NO2S. The lowest BCUT2D eigenvalue weighted by Crippen LogP contribution is -2.38. The number of rotatable bonds is 3. The zero-order chi connectivity index (χ0) is 14.0. The number of ether oxygens (including phenoxy) is 1. The van der Waals surface area contributed by atoms with E-state index in [1.807, 2.05) is 44.7 Å². The van der Waals surface area contributed by atoms with Crippen molar-refractivity contribution in [3.8, 4) is 0 Å². The summed E-state index contributed by atoms with van der Waals surface area (Å²) in [5.41, 5.74) is 6.81. The van der Waals surface area contributed by atoms with Crippen molar-refractivity contribution < 1.29 is 9.53 Å². The topological polar surface area (TPSA) is 52.3 Å². The molecule has 1 aromatic rings. The molecule has 0 spiro atoms. The smallest absolute Gasteiger partial charge is 0.323 e. The van der Waals surface area contributed by atoms with Gasteiger partial charge in [0, 0.05) is 10.6 Å². The molecule has 1 aromatic carbocycles. The molecule has 0 saturated heterocycles. The zero-order valence-electron chi connectivity index (χ0n) is 11.7. The Hall–Kier alpha value is -1.00. The van der Waals surface area contributed by atoms with Gasteiger partial charge in [0.2, 0.25) is 0 Å². The fourth-order valence-corrected chi connectivity index (χ4v) is 3.48. The van der Waals surface area contributed by atoms with E-state index in [1.54, 1.807) is 0 Å². The Morgan fingerprint density at radius 2 is 2.16 bits per heavy atom. The van der Waals surface area contributed by atoms with Crippen LogP contribution in [0.2, 0.25) is 0 Å². The molecule has 2 N–H and O–H groups in total. The fourth-order valence-electron chi connectivity index (χ4n) is 2.20. The van der Waals surface area contributed by atoms with E-state index >= 15 is 0 Å². The first-order valence-electron chi connectivity index (χ1n) is 6.57. The summed E-state index contributed by atoms with van der Waals surface area (Å²) in [5, 5.41) is 0. The average molecular weight is 279 g/mol. The van der Waals surface area contributed by atoms with E-state index in [-0.39, 0.29) is 5.97 Å². The Kier molecular flexibility index (Phi) is 4.21. The highest BCUT2D eigenvalue weighted by Gasteiger charge is 2.29. The maximum Gasteiger partial charge on any atom is 0.323 e. The number of fused-ring (bicyclic) bond motifs is 1. The molecule has 0 amide bonds. The molecule has 0 saturated carbocycles. The summed E-state index contributed by atoms with van der Waals surface area (Å²) in [4.78, 5) is 13.2. The lowest BCUT2D eigenvalue weighted by Gasteiger charge is -2.23. The number of benzene rings is 1. The van der Waals surface area contributed by atoms with E-state index < -0.39 is 11.6 Å². The van der Waals surface area contributed by atoms with Crippen LogP contribution in [-0.4, -0.2) is 23.4 Å². The number of nitrogens with two attached hydrogens (primary N) is 1. The first kappa shape index (κ1) is 14.4. The van der Waals surface area contributed by atoms with Gasteiger partial charge in [0.15, 0.2) is 0 Å². The van der Waals surface area contributed by atoms with Gasteiger partial charge in [0.25, 0.3) is 0 Å². The first-order chi connectivity index (χ1) is 8.87. The van der Waals surface area contributed by atoms with Crippen LogP contribution in [0.5, 0.6) is 0 Å². The monoisotopic (exact) mass is 279 g/mol. The van der Waals surface area contributed by atoms with Gasteiger partial charge < -0.3 is 10.5 Å². The minimum atomic E-state index is -0.545. The van der Waals surface area contributed by atoms with E-state index in [4.69, 9.17) is 10.5 Å². The molecule has 1 heterocycles. The molecule has 4 heteroatoms. The number of hydrogen-bond donors (Lipinski definition) is 1. The Balaban J connectivity index is 1.97. The van der Waals surface area contributed by atoms with Crippen molar-refractivity contribution >= 4 is 17.7 Å². The van der Waals surface area contributed by atoms with Crippen LogP contribution in [0.25, 0.3) is 0 Å². The van der Waals surface area contributed by atoms with Gasteiger partial charge in [-0.1, -0.05) is 18.2 Å². The van der Waals surface area contributed by atoms with Gasteiger partial charge in [0.1, 0.15) is 11.6 Å². The van der Waals surface area contributed by atoms with Crippen LogP contribution in [-0.2, 0) is 9.53 Å². The summed E-state index contributed by atoms with van der Waals surface area (Å²) >= 11 is 1.84. The van der Waals surface area contributed by atoms with Gasteiger partial charge in [0.05, 0.1) is 0 Å². The van der Waals surface area contributed by atoms with Crippen LogP contribution in [0.1, 0.15) is 38.7 Å². The van der Waals surface area contributed by atoms with Crippen molar-refractivity contribution in [2.75, 3.05) is 5.75 Å². The van der Waals surface area contributed by atoms with Gasteiger partial charge in [-0.05, 0) is 44.7 Å². The molecule has 2 rings (SSSR count). The first-order valence-corrected chi connectivity index (χ1v) is 7.55.